The third-order valence-electron chi connectivity index (χ3n) is 3.29. The molecule has 0 fully saturated rings. The van der Waals surface area contributed by atoms with Gasteiger partial charge in [0.1, 0.15) is 5.82 Å². The van der Waals surface area contributed by atoms with Gasteiger partial charge in [0.2, 0.25) is 0 Å². The maximum atomic E-state index is 13.0. The molecule has 4 nitrogen and oxygen atoms in total. The zero-order valence-electron chi connectivity index (χ0n) is 11.9. The molecule has 0 amide bonds. The highest BCUT2D eigenvalue weighted by molar-refractivity contribution is 5.59. The first kappa shape index (κ1) is 15.4. The van der Waals surface area contributed by atoms with Gasteiger partial charge in [-0.15, -0.1) is 0 Å². The first-order chi connectivity index (χ1) is 10.2. The van der Waals surface area contributed by atoms with Crippen molar-refractivity contribution >= 4 is 0 Å². The molecule has 0 bridgehead atoms. The van der Waals surface area contributed by atoms with Crippen LogP contribution in [0, 0.1) is 5.82 Å². The van der Waals surface area contributed by atoms with E-state index < -0.39 is 0 Å². The molecule has 1 aromatic heterocycles. The smallest absolute Gasteiger partial charge is 0.256 e. The third kappa shape index (κ3) is 3.56. The summed E-state index contributed by atoms with van der Waals surface area (Å²) in [6.45, 7) is 0.721. The minimum atomic E-state index is -0.320. The van der Waals surface area contributed by atoms with Crippen LogP contribution in [0.25, 0.3) is 11.3 Å². The summed E-state index contributed by atoms with van der Waals surface area (Å²) in [6, 6.07) is 9.37. The van der Waals surface area contributed by atoms with E-state index in [1.54, 1.807) is 35.9 Å². The normalized spacial score (nSPS) is 10.8. The van der Waals surface area contributed by atoms with Crippen molar-refractivity contribution in [1.82, 2.24) is 4.57 Å². The number of hydrogen-bond donors (Lipinski definition) is 1. The molecule has 1 heterocycles. The number of rotatable bonds is 6. The topological polar surface area (TPSA) is 51.5 Å². The van der Waals surface area contributed by atoms with Gasteiger partial charge in [-0.1, -0.05) is 0 Å². The molecule has 1 aromatic carbocycles. The Kier molecular flexibility index (Phi) is 5.25. The summed E-state index contributed by atoms with van der Waals surface area (Å²) in [4.78, 5) is 12.3. The highest BCUT2D eigenvalue weighted by Gasteiger charge is 2.10. The molecule has 1 N–H and O–H groups in total. The number of aliphatic hydroxyl groups excluding tert-OH is 1. The summed E-state index contributed by atoms with van der Waals surface area (Å²) < 4.78 is 19.6. The number of benzene rings is 1. The summed E-state index contributed by atoms with van der Waals surface area (Å²) in [5.74, 6) is -0.320. The first-order valence-electron chi connectivity index (χ1n) is 6.76. The second kappa shape index (κ2) is 7.15. The summed E-state index contributed by atoms with van der Waals surface area (Å²) in [7, 11) is 1.60. The average Bonchev–Trinajstić information content (AvgIpc) is 2.50. The van der Waals surface area contributed by atoms with Gasteiger partial charge in [0.25, 0.3) is 5.56 Å². The average molecular weight is 291 g/mol. The number of halogens is 1. The molecule has 21 heavy (non-hydrogen) atoms. The molecule has 112 valence electrons. The van der Waals surface area contributed by atoms with Crippen LogP contribution in [0.4, 0.5) is 4.39 Å². The quantitative estimate of drug-likeness (QED) is 0.830. The van der Waals surface area contributed by atoms with Crippen LogP contribution >= 0.6 is 0 Å². The number of nitrogens with zero attached hydrogens (tertiary/aromatic N) is 1. The second-order valence-corrected chi connectivity index (χ2v) is 4.71. The van der Waals surface area contributed by atoms with Gasteiger partial charge in [-0.3, -0.25) is 4.79 Å². The minimum Gasteiger partial charge on any atom is -0.391 e. The fourth-order valence-corrected chi connectivity index (χ4v) is 2.21. The molecule has 5 heteroatoms. The second-order valence-electron chi connectivity index (χ2n) is 4.71. The molecule has 0 atom stereocenters. The van der Waals surface area contributed by atoms with Gasteiger partial charge in [-0.25, -0.2) is 4.39 Å². The van der Waals surface area contributed by atoms with Crippen molar-refractivity contribution in [2.45, 2.75) is 19.6 Å². The zero-order chi connectivity index (χ0) is 15.2. The SMILES string of the molecule is COCCCn1c(-c2ccc(F)cc2)ccc(CO)c1=O. The Hall–Kier alpha value is -1.98. The van der Waals surface area contributed by atoms with Crippen LogP contribution in [0.3, 0.4) is 0 Å². The lowest BCUT2D eigenvalue weighted by Gasteiger charge is -2.14. The Labute approximate surface area is 122 Å². The molecule has 0 aliphatic carbocycles. The summed E-state index contributed by atoms with van der Waals surface area (Å²) in [5, 5.41) is 9.22. The number of pyridine rings is 1. The lowest BCUT2D eigenvalue weighted by molar-refractivity contribution is 0.190. The molecule has 0 unspecified atom stereocenters. The van der Waals surface area contributed by atoms with E-state index in [1.807, 2.05) is 0 Å². The maximum absolute atomic E-state index is 13.0. The van der Waals surface area contributed by atoms with E-state index in [0.717, 1.165) is 5.56 Å². The van der Waals surface area contributed by atoms with Crippen molar-refractivity contribution in [3.8, 4) is 11.3 Å². The van der Waals surface area contributed by atoms with E-state index in [0.29, 0.717) is 30.8 Å². The Balaban J connectivity index is 2.46. The van der Waals surface area contributed by atoms with Gasteiger partial charge in [0.15, 0.2) is 0 Å². The van der Waals surface area contributed by atoms with E-state index in [9.17, 15) is 14.3 Å². The molecular formula is C16H18FNO3. The Bertz CT molecular complexity index is 650. The van der Waals surface area contributed by atoms with Gasteiger partial charge in [0, 0.05) is 25.8 Å². The van der Waals surface area contributed by atoms with Crippen LogP contribution in [-0.4, -0.2) is 23.4 Å². The predicted molar refractivity (Wildman–Crippen MR) is 78.5 cm³/mol. The minimum absolute atomic E-state index is 0.226. The van der Waals surface area contributed by atoms with Crippen LogP contribution < -0.4 is 5.56 Å². The predicted octanol–water partition coefficient (Wildman–Crippen LogP) is 2.18. The molecule has 0 aliphatic rings. The van der Waals surface area contributed by atoms with Crippen molar-refractivity contribution in [2.75, 3.05) is 13.7 Å². The third-order valence-corrected chi connectivity index (χ3v) is 3.29. The molecule has 2 rings (SSSR count). The molecule has 0 aliphatic heterocycles. The molecule has 2 aromatic rings. The lowest BCUT2D eigenvalue weighted by atomic mass is 10.1. The molecule has 0 saturated heterocycles. The van der Waals surface area contributed by atoms with Gasteiger partial charge in [-0.2, -0.15) is 0 Å². The van der Waals surface area contributed by atoms with Crippen molar-refractivity contribution in [2.24, 2.45) is 0 Å². The monoisotopic (exact) mass is 291 g/mol. The number of ether oxygens (including phenoxy) is 1. The highest BCUT2D eigenvalue weighted by Crippen LogP contribution is 2.19. The van der Waals surface area contributed by atoms with Crippen molar-refractivity contribution in [1.29, 1.82) is 0 Å². The molecular weight excluding hydrogens is 273 g/mol. The van der Waals surface area contributed by atoms with Gasteiger partial charge in [-0.05, 0) is 48.4 Å². The number of aromatic nitrogens is 1. The Morgan fingerprint density at radius 2 is 1.90 bits per heavy atom. The van der Waals surface area contributed by atoms with Gasteiger partial charge in [0.05, 0.1) is 12.3 Å². The summed E-state index contributed by atoms with van der Waals surface area (Å²) >= 11 is 0. The van der Waals surface area contributed by atoms with E-state index in [-0.39, 0.29) is 18.0 Å². The lowest BCUT2D eigenvalue weighted by Crippen LogP contribution is -2.25. The van der Waals surface area contributed by atoms with Crippen molar-refractivity contribution < 1.29 is 14.2 Å². The fraction of sp³-hybridized carbons (Fsp3) is 0.312. The molecule has 0 radical (unpaired) electrons. The van der Waals surface area contributed by atoms with Crippen LogP contribution in [0.2, 0.25) is 0 Å². The van der Waals surface area contributed by atoms with Crippen LogP contribution in [-0.2, 0) is 17.9 Å². The fourth-order valence-electron chi connectivity index (χ4n) is 2.21. The largest absolute Gasteiger partial charge is 0.391 e. The van der Waals surface area contributed by atoms with E-state index in [4.69, 9.17) is 4.74 Å². The number of aliphatic hydroxyl groups is 1. The molecule has 0 spiro atoms. The summed E-state index contributed by atoms with van der Waals surface area (Å²) in [6.07, 6.45) is 0.680. The van der Waals surface area contributed by atoms with Gasteiger partial charge < -0.3 is 14.4 Å². The Morgan fingerprint density at radius 1 is 1.19 bits per heavy atom. The van der Waals surface area contributed by atoms with E-state index in [1.165, 1.54) is 12.1 Å². The zero-order valence-corrected chi connectivity index (χ0v) is 11.9. The first-order valence-corrected chi connectivity index (χ1v) is 6.76. The Morgan fingerprint density at radius 3 is 2.52 bits per heavy atom. The van der Waals surface area contributed by atoms with Crippen LogP contribution in [0.5, 0.6) is 0 Å². The number of methoxy groups -OCH3 is 1. The van der Waals surface area contributed by atoms with Crippen molar-refractivity contribution in [3.05, 3.63) is 58.1 Å². The van der Waals surface area contributed by atoms with Crippen LogP contribution in [0.1, 0.15) is 12.0 Å². The molecule has 0 saturated carbocycles. The van der Waals surface area contributed by atoms with Gasteiger partial charge >= 0.3 is 0 Å². The standard InChI is InChI=1S/C16H18FNO3/c1-21-10-2-9-18-15(8-5-13(11-19)16(18)20)12-3-6-14(17)7-4-12/h3-8,19H,2,9-11H2,1H3. The summed E-state index contributed by atoms with van der Waals surface area (Å²) in [5.41, 5.74) is 1.58. The highest BCUT2D eigenvalue weighted by atomic mass is 19.1. The number of hydrogen-bond acceptors (Lipinski definition) is 3. The van der Waals surface area contributed by atoms with Crippen molar-refractivity contribution in [3.63, 3.8) is 0 Å². The van der Waals surface area contributed by atoms with E-state index >= 15 is 0 Å². The maximum Gasteiger partial charge on any atom is 0.256 e. The van der Waals surface area contributed by atoms with Crippen LogP contribution in [0.15, 0.2) is 41.2 Å². The van der Waals surface area contributed by atoms with E-state index in [2.05, 4.69) is 0 Å².